The summed E-state index contributed by atoms with van der Waals surface area (Å²) >= 11 is 4.86. The lowest BCUT2D eigenvalue weighted by Crippen LogP contribution is -1.90. The van der Waals surface area contributed by atoms with Gasteiger partial charge in [0.1, 0.15) is 5.82 Å². The van der Waals surface area contributed by atoms with Crippen LogP contribution in [0.25, 0.3) is 10.8 Å². The fourth-order valence-electron chi connectivity index (χ4n) is 1.61. The zero-order valence-corrected chi connectivity index (χ0v) is 13.5. The Kier molecular flexibility index (Phi) is 4.59. The molecule has 3 aromatic rings. The van der Waals surface area contributed by atoms with E-state index < -0.39 is 0 Å². The third-order valence-electron chi connectivity index (χ3n) is 2.61. The van der Waals surface area contributed by atoms with Gasteiger partial charge in [0.15, 0.2) is 6.61 Å². The van der Waals surface area contributed by atoms with E-state index in [9.17, 15) is 4.39 Å². The van der Waals surface area contributed by atoms with Crippen LogP contribution >= 0.6 is 27.3 Å². The van der Waals surface area contributed by atoms with Crippen LogP contribution in [0.15, 0.2) is 49.8 Å². The number of hydrogen-bond acceptors (Lipinski definition) is 6. The van der Waals surface area contributed by atoms with E-state index in [1.807, 2.05) is 12.1 Å². The first-order valence-electron chi connectivity index (χ1n) is 6.20. The first-order chi connectivity index (χ1) is 10.7. The summed E-state index contributed by atoms with van der Waals surface area (Å²) in [7, 11) is 0. The molecule has 5 nitrogen and oxygen atoms in total. The molecular formula is C14H9BrFN3O2S. The molecule has 8 heteroatoms. The van der Waals surface area contributed by atoms with Crippen LogP contribution in [0, 0.1) is 5.82 Å². The standard InChI is InChI=1S/C14H9BrFN3O2S/c15-12-6-5-11(22-12)14-19-18-13(21-14)8-20-17-7-9-3-1-2-4-10(9)16/h1-7H,8H2/b17-7-. The van der Waals surface area contributed by atoms with Crippen molar-refractivity contribution in [3.05, 3.63) is 57.5 Å². The van der Waals surface area contributed by atoms with Gasteiger partial charge in [-0.2, -0.15) is 0 Å². The van der Waals surface area contributed by atoms with E-state index in [0.717, 1.165) is 8.66 Å². The maximum Gasteiger partial charge on any atom is 0.257 e. The number of rotatable bonds is 5. The third kappa shape index (κ3) is 3.58. The maximum absolute atomic E-state index is 13.3. The molecule has 2 heterocycles. The number of halogens is 2. The average molecular weight is 382 g/mol. The maximum atomic E-state index is 13.3. The molecule has 22 heavy (non-hydrogen) atoms. The molecule has 1 aromatic carbocycles. The smallest absolute Gasteiger partial charge is 0.257 e. The van der Waals surface area contributed by atoms with Crippen LogP contribution in [0.5, 0.6) is 0 Å². The predicted octanol–water partition coefficient (Wildman–Crippen LogP) is 4.25. The van der Waals surface area contributed by atoms with E-state index in [0.29, 0.717) is 17.3 Å². The fraction of sp³-hybridized carbons (Fsp3) is 0.0714. The number of hydrogen-bond donors (Lipinski definition) is 0. The Balaban J connectivity index is 1.58. The Labute approximate surface area is 137 Å². The Hall–Kier alpha value is -2.06. The third-order valence-corrected chi connectivity index (χ3v) is 4.22. The quantitative estimate of drug-likeness (QED) is 0.489. The second-order valence-corrected chi connectivity index (χ2v) is 6.60. The van der Waals surface area contributed by atoms with E-state index in [1.54, 1.807) is 18.2 Å². The van der Waals surface area contributed by atoms with Gasteiger partial charge in [-0.05, 0) is 34.1 Å². The first kappa shape index (κ1) is 14.9. The van der Waals surface area contributed by atoms with Crippen LogP contribution in [0.1, 0.15) is 11.5 Å². The zero-order chi connectivity index (χ0) is 15.4. The van der Waals surface area contributed by atoms with Gasteiger partial charge < -0.3 is 9.25 Å². The van der Waals surface area contributed by atoms with E-state index in [2.05, 4.69) is 31.3 Å². The summed E-state index contributed by atoms with van der Waals surface area (Å²) in [5.41, 5.74) is 0.345. The van der Waals surface area contributed by atoms with Gasteiger partial charge in [-0.15, -0.1) is 21.5 Å². The van der Waals surface area contributed by atoms with E-state index >= 15 is 0 Å². The highest BCUT2D eigenvalue weighted by molar-refractivity contribution is 9.11. The number of aromatic nitrogens is 2. The van der Waals surface area contributed by atoms with Gasteiger partial charge in [0.05, 0.1) is 14.9 Å². The second-order valence-electron chi connectivity index (χ2n) is 4.13. The van der Waals surface area contributed by atoms with Gasteiger partial charge in [-0.1, -0.05) is 23.4 Å². The van der Waals surface area contributed by atoms with Crippen molar-refractivity contribution < 1.29 is 13.6 Å². The molecule has 0 spiro atoms. The zero-order valence-electron chi connectivity index (χ0n) is 11.1. The molecule has 0 unspecified atom stereocenters. The summed E-state index contributed by atoms with van der Waals surface area (Å²) in [5, 5.41) is 11.5. The van der Waals surface area contributed by atoms with Crippen molar-refractivity contribution in [1.82, 2.24) is 10.2 Å². The van der Waals surface area contributed by atoms with E-state index in [4.69, 9.17) is 9.25 Å². The fourth-order valence-corrected chi connectivity index (χ4v) is 2.91. The minimum absolute atomic E-state index is 0.0184. The van der Waals surface area contributed by atoms with Crippen LogP contribution in [0.4, 0.5) is 4.39 Å². The molecule has 3 rings (SSSR count). The van der Waals surface area contributed by atoms with E-state index in [1.165, 1.54) is 23.6 Å². The lowest BCUT2D eigenvalue weighted by molar-refractivity contribution is 0.112. The highest BCUT2D eigenvalue weighted by Gasteiger charge is 2.10. The van der Waals surface area contributed by atoms with Crippen LogP contribution in [-0.2, 0) is 11.4 Å². The SMILES string of the molecule is Fc1ccccc1/C=N\OCc1nnc(-c2ccc(Br)s2)o1. The molecule has 2 aromatic heterocycles. The van der Waals surface area contributed by atoms with Crippen molar-refractivity contribution in [2.24, 2.45) is 5.16 Å². The number of nitrogens with zero attached hydrogens (tertiary/aromatic N) is 3. The van der Waals surface area contributed by atoms with Crippen molar-refractivity contribution in [2.75, 3.05) is 0 Å². The summed E-state index contributed by atoms with van der Waals surface area (Å²) in [5.74, 6) is 0.357. The molecule has 0 aliphatic heterocycles. The van der Waals surface area contributed by atoms with Gasteiger partial charge in [0, 0.05) is 5.56 Å². The molecule has 0 amide bonds. The van der Waals surface area contributed by atoms with Gasteiger partial charge >= 0.3 is 0 Å². The van der Waals surface area contributed by atoms with Crippen LogP contribution in [-0.4, -0.2) is 16.4 Å². The van der Waals surface area contributed by atoms with Gasteiger partial charge in [0.2, 0.25) is 0 Å². The molecule has 0 atom stereocenters. The van der Waals surface area contributed by atoms with Crippen molar-refractivity contribution in [3.63, 3.8) is 0 Å². The number of benzene rings is 1. The molecule has 0 aliphatic carbocycles. The molecule has 0 fully saturated rings. The lowest BCUT2D eigenvalue weighted by Gasteiger charge is -1.95. The van der Waals surface area contributed by atoms with Gasteiger partial charge in [-0.25, -0.2) is 4.39 Å². The van der Waals surface area contributed by atoms with Crippen molar-refractivity contribution >= 4 is 33.5 Å². The van der Waals surface area contributed by atoms with E-state index in [-0.39, 0.29) is 12.4 Å². The second kappa shape index (κ2) is 6.80. The summed E-state index contributed by atoms with van der Waals surface area (Å²) in [6, 6.07) is 10.1. The van der Waals surface area contributed by atoms with Gasteiger partial charge in [0.25, 0.3) is 11.8 Å². The molecule has 0 radical (unpaired) electrons. The summed E-state index contributed by atoms with van der Waals surface area (Å²) in [6.07, 6.45) is 1.29. The normalized spacial score (nSPS) is 11.2. The van der Waals surface area contributed by atoms with Crippen LogP contribution < -0.4 is 0 Å². The highest BCUT2D eigenvalue weighted by atomic mass is 79.9. The average Bonchev–Trinajstić information content (AvgIpc) is 3.14. The van der Waals surface area contributed by atoms with Crippen molar-refractivity contribution in [1.29, 1.82) is 0 Å². The Morgan fingerprint density at radius 3 is 2.91 bits per heavy atom. The summed E-state index contributed by atoms with van der Waals surface area (Å²) in [4.78, 5) is 5.90. The number of thiophene rings is 1. The molecular weight excluding hydrogens is 373 g/mol. The van der Waals surface area contributed by atoms with Crippen LogP contribution in [0.3, 0.4) is 0 Å². The Bertz CT molecular complexity index is 803. The largest absolute Gasteiger partial charge is 0.416 e. The summed E-state index contributed by atoms with van der Waals surface area (Å²) < 4.78 is 19.8. The lowest BCUT2D eigenvalue weighted by atomic mass is 10.2. The van der Waals surface area contributed by atoms with Crippen LogP contribution in [0.2, 0.25) is 0 Å². The first-order valence-corrected chi connectivity index (χ1v) is 7.81. The monoisotopic (exact) mass is 381 g/mol. The Morgan fingerprint density at radius 2 is 2.14 bits per heavy atom. The summed E-state index contributed by atoms with van der Waals surface area (Å²) in [6.45, 7) is 0.0184. The minimum atomic E-state index is -0.363. The molecule has 0 saturated carbocycles. The molecule has 112 valence electrons. The number of oxime groups is 1. The molecule has 0 N–H and O–H groups in total. The minimum Gasteiger partial charge on any atom is -0.416 e. The van der Waals surface area contributed by atoms with Gasteiger partial charge in [-0.3, -0.25) is 0 Å². The Morgan fingerprint density at radius 1 is 1.27 bits per heavy atom. The van der Waals surface area contributed by atoms with Crippen molar-refractivity contribution in [3.8, 4) is 10.8 Å². The van der Waals surface area contributed by atoms with Crippen molar-refractivity contribution in [2.45, 2.75) is 6.61 Å². The topological polar surface area (TPSA) is 60.5 Å². The predicted molar refractivity (Wildman–Crippen MR) is 84.1 cm³/mol. The molecule has 0 saturated heterocycles. The highest BCUT2D eigenvalue weighted by Crippen LogP contribution is 2.30. The molecule has 0 bridgehead atoms. The molecule has 0 aliphatic rings.